The van der Waals surface area contributed by atoms with Crippen LogP contribution in [0.15, 0.2) is 77.4 Å². The van der Waals surface area contributed by atoms with E-state index in [1.54, 1.807) is 13.0 Å². The number of benzene rings is 2. The van der Waals surface area contributed by atoms with Crippen molar-refractivity contribution in [3.63, 3.8) is 0 Å². The van der Waals surface area contributed by atoms with Gasteiger partial charge in [0.05, 0.1) is 1.37 Å². The van der Waals surface area contributed by atoms with Gasteiger partial charge < -0.3 is 9.47 Å². The van der Waals surface area contributed by atoms with Gasteiger partial charge in [-0.3, -0.25) is 0 Å². The van der Waals surface area contributed by atoms with Gasteiger partial charge in [0, 0.05) is 12.7 Å². The highest BCUT2D eigenvalue weighted by atomic mass is 16.6. The minimum Gasteiger partial charge on any atom is -0.459 e. The molecule has 0 unspecified atom stereocenters. The second kappa shape index (κ2) is 12.4. The summed E-state index contributed by atoms with van der Waals surface area (Å²) < 4.78 is 19.4. The van der Waals surface area contributed by atoms with Crippen LogP contribution >= 0.6 is 0 Å². The van der Waals surface area contributed by atoms with E-state index in [4.69, 9.17) is 10.8 Å². The molecule has 0 bridgehead atoms. The molecule has 32 heavy (non-hydrogen) atoms. The molecule has 0 fully saturated rings. The Hall–Kier alpha value is -2.65. The molecule has 2 aromatic carbocycles. The minimum absolute atomic E-state index is 0.569. The first kappa shape index (κ1) is 24.0. The zero-order valence-corrected chi connectivity index (χ0v) is 20.4. The zero-order chi connectivity index (χ0) is 24.4. The average Bonchev–Trinajstić information content (AvgIpc) is 2.77. The van der Waals surface area contributed by atoms with E-state index in [0.717, 1.165) is 47.6 Å². The summed E-state index contributed by atoms with van der Waals surface area (Å²) in [6.45, 7) is 8.99. The second-order valence-corrected chi connectivity index (χ2v) is 8.73. The number of fused-ring (bicyclic) bond motifs is 1. The summed E-state index contributed by atoms with van der Waals surface area (Å²) in [5.74, 6) is -0.569. The predicted octanol–water partition coefficient (Wildman–Crippen LogP) is 7.66. The van der Waals surface area contributed by atoms with Crippen molar-refractivity contribution in [1.29, 1.82) is 0 Å². The Kier molecular flexibility index (Phi) is 9.30. The maximum absolute atomic E-state index is 13.1. The van der Waals surface area contributed by atoms with Crippen LogP contribution < -0.4 is 0 Å². The third-order valence-electron chi connectivity index (χ3n) is 5.75. The lowest BCUT2D eigenvalue weighted by atomic mass is 9.90. The predicted molar refractivity (Wildman–Crippen MR) is 135 cm³/mol. The lowest BCUT2D eigenvalue weighted by molar-refractivity contribution is -0.167. The van der Waals surface area contributed by atoms with Crippen molar-refractivity contribution in [2.24, 2.45) is 0 Å². The molecule has 0 amide bonds. The first-order valence-corrected chi connectivity index (χ1v) is 11.3. The van der Waals surface area contributed by atoms with Crippen LogP contribution in [0.25, 0.3) is 10.8 Å². The monoisotopic (exact) mass is 435 g/mol. The number of methoxy groups -OCH3 is 1. The summed E-state index contributed by atoms with van der Waals surface area (Å²) in [5.41, 5.74) is 3.19. The van der Waals surface area contributed by atoms with Gasteiger partial charge >= 0.3 is 5.97 Å². The molecule has 0 saturated carbocycles. The van der Waals surface area contributed by atoms with E-state index >= 15 is 0 Å². The Labute approximate surface area is 195 Å². The number of carbonyl (C=O) groups excluding carboxylic acids is 1. The molecule has 0 heterocycles. The molecule has 2 atom stereocenters. The Balaban J connectivity index is 2.01. The van der Waals surface area contributed by atoms with E-state index in [2.05, 4.69) is 32.9 Å². The van der Waals surface area contributed by atoms with Gasteiger partial charge in [0.15, 0.2) is 5.60 Å². The third kappa shape index (κ3) is 7.20. The largest absolute Gasteiger partial charge is 0.459 e. The molecule has 0 radical (unpaired) electrons. The molecule has 3 heteroatoms. The van der Waals surface area contributed by atoms with Crippen molar-refractivity contribution < 1.29 is 15.6 Å². The van der Waals surface area contributed by atoms with E-state index < -0.39 is 18.2 Å². The standard InChI is InChI=1S/C29H38O3/c1-22(2)12-9-13-23(3)14-10-15-24(4)20-21-32-28(30)29(5,31-6)27-19-11-17-25-16-7-8-18-26(25)27/h7-8,11-12,14,16-20H,9-10,13,15,21H2,1-6H3/b23-14-,24-20+/t29-/m0/s1/i21D/t21-,29-. The number of hydrogen-bond donors (Lipinski definition) is 0. The van der Waals surface area contributed by atoms with Crippen molar-refractivity contribution in [3.8, 4) is 0 Å². The second-order valence-electron chi connectivity index (χ2n) is 8.73. The Morgan fingerprint density at radius 2 is 1.56 bits per heavy atom. The molecule has 0 saturated heterocycles. The molecule has 2 aromatic rings. The fourth-order valence-electron chi connectivity index (χ4n) is 3.59. The SMILES string of the molecule is [2H][C@@H](/C=C(\C)CC/C=C(/C)CCC=C(C)C)OC(=O)[C@@](C)(OC)c1cccc2ccccc12. The number of ether oxygens (including phenoxy) is 2. The third-order valence-corrected chi connectivity index (χ3v) is 5.75. The van der Waals surface area contributed by atoms with Crippen LogP contribution in [-0.2, 0) is 19.9 Å². The molecule has 0 aliphatic carbocycles. The smallest absolute Gasteiger partial charge is 0.343 e. The van der Waals surface area contributed by atoms with Crippen molar-refractivity contribution in [2.75, 3.05) is 13.7 Å². The molecule has 172 valence electrons. The normalized spacial score (nSPS) is 15.6. The van der Waals surface area contributed by atoms with E-state index in [0.29, 0.717) is 0 Å². The molecule has 0 aliphatic heterocycles. The van der Waals surface area contributed by atoms with E-state index in [1.807, 2.05) is 49.4 Å². The minimum atomic E-state index is -1.30. The Morgan fingerprint density at radius 1 is 0.938 bits per heavy atom. The van der Waals surface area contributed by atoms with Crippen LogP contribution in [0.5, 0.6) is 0 Å². The van der Waals surface area contributed by atoms with Gasteiger partial charge in [-0.1, -0.05) is 71.3 Å². The van der Waals surface area contributed by atoms with Gasteiger partial charge in [0.1, 0.15) is 6.58 Å². The van der Waals surface area contributed by atoms with Crippen LogP contribution in [0.4, 0.5) is 0 Å². The summed E-state index contributed by atoms with van der Waals surface area (Å²) in [5, 5.41) is 1.95. The summed E-state index contributed by atoms with van der Waals surface area (Å²) in [6, 6.07) is 13.6. The number of carbonyl (C=O) groups is 1. The van der Waals surface area contributed by atoms with Crippen molar-refractivity contribution in [3.05, 3.63) is 83.0 Å². The van der Waals surface area contributed by atoms with Crippen LogP contribution in [0.2, 0.25) is 0 Å². The van der Waals surface area contributed by atoms with Gasteiger partial charge in [0.2, 0.25) is 0 Å². The summed E-state index contributed by atoms with van der Waals surface area (Å²) in [7, 11) is 1.50. The van der Waals surface area contributed by atoms with Gasteiger partial charge in [-0.15, -0.1) is 0 Å². The number of esters is 1. The van der Waals surface area contributed by atoms with Gasteiger partial charge in [-0.2, -0.15) is 0 Å². The summed E-state index contributed by atoms with van der Waals surface area (Å²) in [6.07, 6.45) is 10.1. The number of hydrogen-bond acceptors (Lipinski definition) is 3. The van der Waals surface area contributed by atoms with Crippen molar-refractivity contribution in [1.82, 2.24) is 0 Å². The highest BCUT2D eigenvalue weighted by Gasteiger charge is 2.38. The molecule has 0 aromatic heterocycles. The molecule has 0 aliphatic rings. The zero-order valence-electron chi connectivity index (χ0n) is 21.4. The number of rotatable bonds is 11. The van der Waals surface area contributed by atoms with E-state index in [1.165, 1.54) is 18.3 Å². The first-order valence-electron chi connectivity index (χ1n) is 11.9. The Bertz CT molecular complexity index is 1020. The molecular formula is C29H38O3. The first-order chi connectivity index (χ1) is 15.7. The quantitative estimate of drug-likeness (QED) is 0.268. The highest BCUT2D eigenvalue weighted by Crippen LogP contribution is 2.32. The fraction of sp³-hybridized carbons (Fsp3) is 0.414. The summed E-state index contributed by atoms with van der Waals surface area (Å²) in [4.78, 5) is 13.1. The Morgan fingerprint density at radius 3 is 2.25 bits per heavy atom. The fourth-order valence-corrected chi connectivity index (χ4v) is 3.59. The lowest BCUT2D eigenvalue weighted by Gasteiger charge is -2.27. The number of allylic oxidation sites excluding steroid dienone is 5. The topological polar surface area (TPSA) is 35.5 Å². The van der Waals surface area contributed by atoms with Crippen LogP contribution in [0, 0.1) is 0 Å². The van der Waals surface area contributed by atoms with Gasteiger partial charge in [-0.25, -0.2) is 4.79 Å². The molecule has 0 spiro atoms. The van der Waals surface area contributed by atoms with Gasteiger partial charge in [-0.05, 0) is 77.2 Å². The van der Waals surface area contributed by atoms with E-state index in [9.17, 15) is 4.79 Å². The van der Waals surface area contributed by atoms with Gasteiger partial charge in [0.25, 0.3) is 0 Å². The molecule has 2 rings (SSSR count). The van der Waals surface area contributed by atoms with Crippen LogP contribution in [0.1, 0.15) is 67.2 Å². The molecular weight excluding hydrogens is 396 g/mol. The maximum Gasteiger partial charge on any atom is 0.343 e. The van der Waals surface area contributed by atoms with Crippen LogP contribution in [-0.4, -0.2) is 19.7 Å². The summed E-state index contributed by atoms with van der Waals surface area (Å²) >= 11 is 0. The molecule has 3 nitrogen and oxygen atoms in total. The molecule has 0 N–H and O–H groups in total. The van der Waals surface area contributed by atoms with Crippen molar-refractivity contribution in [2.45, 2.75) is 65.9 Å². The highest BCUT2D eigenvalue weighted by molar-refractivity contribution is 5.92. The van der Waals surface area contributed by atoms with Crippen LogP contribution in [0.3, 0.4) is 0 Å². The average molecular weight is 436 g/mol. The lowest BCUT2D eigenvalue weighted by Crippen LogP contribution is -2.36. The van der Waals surface area contributed by atoms with Crippen molar-refractivity contribution >= 4 is 16.7 Å². The van der Waals surface area contributed by atoms with E-state index in [-0.39, 0.29) is 0 Å². The maximum atomic E-state index is 13.1.